The van der Waals surface area contributed by atoms with E-state index >= 15 is 0 Å². The highest BCUT2D eigenvalue weighted by atomic mass is 16.7. The molecular formula is C22H40O5. The van der Waals surface area contributed by atoms with E-state index < -0.39 is 0 Å². The molecule has 2 aliphatic heterocycles. The second-order valence-electron chi connectivity index (χ2n) is 8.09. The maximum atomic E-state index is 10.9. The van der Waals surface area contributed by atoms with Crippen LogP contribution in [-0.4, -0.2) is 50.7 Å². The molecule has 0 unspecified atom stereocenters. The highest BCUT2D eigenvalue weighted by molar-refractivity contribution is 5.56. The summed E-state index contributed by atoms with van der Waals surface area (Å²) < 4.78 is 23.2. The summed E-state index contributed by atoms with van der Waals surface area (Å²) in [6.45, 7) is 2.58. The average Bonchev–Trinajstić information content (AvgIpc) is 3.35. The average molecular weight is 385 g/mol. The predicted octanol–water partition coefficient (Wildman–Crippen LogP) is 4.80. The Hall–Kier alpha value is -0.490. The topological polar surface area (TPSA) is 54.0 Å². The third kappa shape index (κ3) is 8.18. The van der Waals surface area contributed by atoms with Crippen LogP contribution in [0.15, 0.2) is 0 Å². The molecule has 0 radical (unpaired) electrons. The van der Waals surface area contributed by atoms with Gasteiger partial charge in [-0.2, -0.15) is 0 Å². The van der Waals surface area contributed by atoms with Gasteiger partial charge in [0.25, 0.3) is 0 Å². The largest absolute Gasteiger partial charge is 0.370 e. The minimum absolute atomic E-state index is 0.0661. The van der Waals surface area contributed by atoms with Crippen LogP contribution in [0.3, 0.4) is 0 Å². The van der Waals surface area contributed by atoms with Crippen molar-refractivity contribution in [1.82, 2.24) is 0 Å². The van der Waals surface area contributed by atoms with E-state index in [4.69, 9.17) is 18.9 Å². The number of methoxy groups -OCH3 is 1. The third-order valence-corrected chi connectivity index (χ3v) is 5.89. The maximum absolute atomic E-state index is 10.9. The minimum Gasteiger partial charge on any atom is -0.370 e. The Kier molecular flexibility index (Phi) is 11.5. The molecule has 0 aromatic carbocycles. The first kappa shape index (κ1) is 22.8. The van der Waals surface area contributed by atoms with Crippen LogP contribution in [0.25, 0.3) is 0 Å². The number of aldehydes is 1. The van der Waals surface area contributed by atoms with E-state index in [2.05, 4.69) is 6.92 Å². The standard InChI is InChI=1S/C22H40O5/c1-3-4-5-6-7-8-9-10-11-19(25-17-24-2)20-14-15-22(27-20)21-13-12-18(16-23)26-21/h16,18-22H,3-15,17H2,1-2H3/t18-,19-,20-,21-,22-/m0/s1. The summed E-state index contributed by atoms with van der Waals surface area (Å²) in [5, 5.41) is 0. The van der Waals surface area contributed by atoms with Gasteiger partial charge in [0.05, 0.1) is 24.4 Å². The van der Waals surface area contributed by atoms with Gasteiger partial charge in [-0.05, 0) is 32.1 Å². The first-order chi connectivity index (χ1) is 13.3. The molecule has 0 aromatic rings. The van der Waals surface area contributed by atoms with Crippen LogP contribution in [-0.2, 0) is 23.7 Å². The molecule has 0 aromatic heterocycles. The predicted molar refractivity (Wildman–Crippen MR) is 106 cm³/mol. The van der Waals surface area contributed by atoms with Crippen LogP contribution in [0, 0.1) is 0 Å². The van der Waals surface area contributed by atoms with Crippen LogP contribution in [0.2, 0.25) is 0 Å². The Morgan fingerprint density at radius 3 is 2.26 bits per heavy atom. The zero-order valence-corrected chi connectivity index (χ0v) is 17.4. The number of unbranched alkanes of at least 4 members (excludes halogenated alkanes) is 7. The Labute approximate surface area is 165 Å². The maximum Gasteiger partial charge on any atom is 0.148 e. The highest BCUT2D eigenvalue weighted by Gasteiger charge is 2.39. The van der Waals surface area contributed by atoms with Crippen LogP contribution in [0.1, 0.15) is 90.4 Å². The molecule has 0 spiro atoms. The summed E-state index contributed by atoms with van der Waals surface area (Å²) >= 11 is 0. The summed E-state index contributed by atoms with van der Waals surface area (Å²) in [5.41, 5.74) is 0. The summed E-state index contributed by atoms with van der Waals surface area (Å²) in [7, 11) is 1.66. The molecule has 2 rings (SSSR count). The molecule has 2 fully saturated rings. The Morgan fingerprint density at radius 2 is 1.59 bits per heavy atom. The zero-order chi connectivity index (χ0) is 19.3. The minimum atomic E-state index is -0.240. The lowest BCUT2D eigenvalue weighted by Crippen LogP contribution is -2.33. The molecule has 5 heteroatoms. The molecule has 0 bridgehead atoms. The van der Waals surface area contributed by atoms with E-state index in [9.17, 15) is 4.79 Å². The van der Waals surface area contributed by atoms with Gasteiger partial charge in [0.15, 0.2) is 0 Å². The van der Waals surface area contributed by atoms with E-state index in [1.807, 2.05) is 0 Å². The van der Waals surface area contributed by atoms with Crippen molar-refractivity contribution in [3.8, 4) is 0 Å². The molecule has 0 saturated carbocycles. The van der Waals surface area contributed by atoms with Gasteiger partial charge in [0.1, 0.15) is 19.2 Å². The van der Waals surface area contributed by atoms with Crippen molar-refractivity contribution < 1.29 is 23.7 Å². The summed E-state index contributed by atoms with van der Waals surface area (Å²) in [4.78, 5) is 10.9. The fourth-order valence-electron chi connectivity index (χ4n) is 4.31. The van der Waals surface area contributed by atoms with Crippen LogP contribution in [0.4, 0.5) is 0 Å². The fraction of sp³-hybridized carbons (Fsp3) is 0.955. The van der Waals surface area contributed by atoms with E-state index in [-0.39, 0.29) is 30.5 Å². The lowest BCUT2D eigenvalue weighted by molar-refractivity contribution is -0.144. The van der Waals surface area contributed by atoms with Gasteiger partial charge in [0.2, 0.25) is 0 Å². The van der Waals surface area contributed by atoms with Crippen molar-refractivity contribution >= 4 is 6.29 Å². The van der Waals surface area contributed by atoms with Gasteiger partial charge in [-0.25, -0.2) is 0 Å². The molecule has 0 aliphatic carbocycles. The van der Waals surface area contributed by atoms with Crippen molar-refractivity contribution in [3.05, 3.63) is 0 Å². The molecule has 27 heavy (non-hydrogen) atoms. The smallest absolute Gasteiger partial charge is 0.148 e. The third-order valence-electron chi connectivity index (χ3n) is 5.89. The van der Waals surface area contributed by atoms with Gasteiger partial charge < -0.3 is 23.7 Å². The lowest BCUT2D eigenvalue weighted by Gasteiger charge is -2.25. The molecule has 2 aliphatic rings. The van der Waals surface area contributed by atoms with E-state index in [0.717, 1.165) is 38.4 Å². The lowest BCUT2D eigenvalue weighted by atomic mass is 10.0. The van der Waals surface area contributed by atoms with Gasteiger partial charge in [-0.1, -0.05) is 58.3 Å². The molecular weight excluding hydrogens is 344 g/mol. The Bertz CT molecular complexity index is 389. The molecule has 5 nitrogen and oxygen atoms in total. The van der Waals surface area contributed by atoms with Crippen molar-refractivity contribution in [3.63, 3.8) is 0 Å². The number of carbonyl (C=O) groups excluding carboxylic acids is 1. The second-order valence-corrected chi connectivity index (χ2v) is 8.09. The molecule has 2 heterocycles. The van der Waals surface area contributed by atoms with Crippen molar-refractivity contribution in [2.45, 2.75) is 121 Å². The van der Waals surface area contributed by atoms with Crippen molar-refractivity contribution in [2.75, 3.05) is 13.9 Å². The summed E-state index contributed by atoms with van der Waals surface area (Å²) in [6.07, 6.45) is 16.4. The number of hydrogen-bond acceptors (Lipinski definition) is 5. The van der Waals surface area contributed by atoms with E-state index in [1.54, 1.807) is 7.11 Å². The van der Waals surface area contributed by atoms with Gasteiger partial charge in [-0.15, -0.1) is 0 Å². The number of carbonyl (C=O) groups is 1. The number of ether oxygens (including phenoxy) is 4. The van der Waals surface area contributed by atoms with Crippen molar-refractivity contribution in [1.29, 1.82) is 0 Å². The van der Waals surface area contributed by atoms with Gasteiger partial charge >= 0.3 is 0 Å². The highest BCUT2D eigenvalue weighted by Crippen LogP contribution is 2.33. The molecule has 2 saturated heterocycles. The first-order valence-corrected chi connectivity index (χ1v) is 11.1. The quantitative estimate of drug-likeness (QED) is 0.231. The van der Waals surface area contributed by atoms with Crippen molar-refractivity contribution in [2.24, 2.45) is 0 Å². The van der Waals surface area contributed by atoms with Crippen LogP contribution >= 0.6 is 0 Å². The van der Waals surface area contributed by atoms with Crippen LogP contribution in [0.5, 0.6) is 0 Å². The zero-order valence-electron chi connectivity index (χ0n) is 17.4. The summed E-state index contributed by atoms with van der Waals surface area (Å²) in [6, 6.07) is 0. The van der Waals surface area contributed by atoms with E-state index in [1.165, 1.54) is 51.4 Å². The molecule has 5 atom stereocenters. The molecule has 0 N–H and O–H groups in total. The number of hydrogen-bond donors (Lipinski definition) is 0. The first-order valence-electron chi connectivity index (χ1n) is 11.1. The monoisotopic (exact) mass is 384 g/mol. The molecule has 158 valence electrons. The second kappa shape index (κ2) is 13.6. The van der Waals surface area contributed by atoms with Gasteiger partial charge in [0, 0.05) is 7.11 Å². The van der Waals surface area contributed by atoms with Crippen LogP contribution < -0.4 is 0 Å². The summed E-state index contributed by atoms with van der Waals surface area (Å²) in [5.74, 6) is 0. The number of rotatable bonds is 15. The SMILES string of the molecule is CCCCCCCCCC[C@H](OCOC)[C@@H]1CC[C@@H]([C@@H]2CC[C@@H](C=O)O2)O1. The Morgan fingerprint density at radius 1 is 0.926 bits per heavy atom. The Balaban J connectivity index is 1.66. The van der Waals surface area contributed by atoms with E-state index in [0.29, 0.717) is 6.79 Å². The fourth-order valence-corrected chi connectivity index (χ4v) is 4.31. The molecule has 0 amide bonds. The van der Waals surface area contributed by atoms with Gasteiger partial charge in [-0.3, -0.25) is 0 Å². The normalized spacial score (nSPS) is 29.3.